The van der Waals surface area contributed by atoms with Gasteiger partial charge in [-0.15, -0.1) is 0 Å². The summed E-state index contributed by atoms with van der Waals surface area (Å²) in [7, 11) is 0. The van der Waals surface area contributed by atoms with Gasteiger partial charge in [0.15, 0.2) is 0 Å². The number of carbonyl (C=O) groups is 1. The molecule has 25 heavy (non-hydrogen) atoms. The van der Waals surface area contributed by atoms with E-state index >= 15 is 0 Å². The maximum Gasteiger partial charge on any atom is 0.231 e. The molecule has 0 radical (unpaired) electrons. The van der Waals surface area contributed by atoms with Crippen LogP contribution < -0.4 is 5.32 Å². The van der Waals surface area contributed by atoms with E-state index in [-0.39, 0.29) is 17.4 Å². The third kappa shape index (κ3) is 3.47. The Balaban J connectivity index is 1.53. The SMILES string of the molecule is O=C(N[C@H](CN1CCCC1)c1ccccc1)C1(c2ccccc2)CC1. The number of nitrogens with zero attached hydrogens (tertiary/aromatic N) is 1. The van der Waals surface area contributed by atoms with Gasteiger partial charge in [-0.05, 0) is 49.9 Å². The van der Waals surface area contributed by atoms with Gasteiger partial charge in [-0.25, -0.2) is 0 Å². The summed E-state index contributed by atoms with van der Waals surface area (Å²) >= 11 is 0. The van der Waals surface area contributed by atoms with Crippen molar-refractivity contribution in [1.29, 1.82) is 0 Å². The average Bonchev–Trinajstić information content (AvgIpc) is 3.33. The van der Waals surface area contributed by atoms with Crippen LogP contribution in [-0.2, 0) is 10.2 Å². The van der Waals surface area contributed by atoms with Gasteiger partial charge in [0.2, 0.25) is 5.91 Å². The summed E-state index contributed by atoms with van der Waals surface area (Å²) in [4.78, 5) is 15.6. The second-order valence-corrected chi connectivity index (χ2v) is 7.39. The lowest BCUT2D eigenvalue weighted by atomic mass is 9.94. The molecular formula is C22H26N2O. The monoisotopic (exact) mass is 334 g/mol. The fourth-order valence-corrected chi connectivity index (χ4v) is 3.97. The molecule has 1 saturated heterocycles. The lowest BCUT2D eigenvalue weighted by Gasteiger charge is -2.27. The van der Waals surface area contributed by atoms with E-state index in [1.54, 1.807) is 0 Å². The minimum atomic E-state index is -0.306. The number of amides is 1. The van der Waals surface area contributed by atoms with E-state index in [1.807, 2.05) is 24.3 Å². The molecule has 1 N–H and O–H groups in total. The molecule has 1 saturated carbocycles. The number of rotatable bonds is 6. The molecule has 2 aliphatic rings. The van der Waals surface area contributed by atoms with Crippen molar-refractivity contribution < 1.29 is 4.79 Å². The molecule has 2 aromatic rings. The Bertz CT molecular complexity index is 703. The van der Waals surface area contributed by atoms with Gasteiger partial charge in [-0.1, -0.05) is 60.7 Å². The third-order valence-corrected chi connectivity index (χ3v) is 5.66. The van der Waals surface area contributed by atoms with Crippen LogP contribution in [0.1, 0.15) is 42.9 Å². The molecule has 0 bridgehead atoms. The average molecular weight is 334 g/mol. The van der Waals surface area contributed by atoms with Crippen molar-refractivity contribution in [3.05, 3.63) is 71.8 Å². The van der Waals surface area contributed by atoms with Crippen LogP contribution in [0.15, 0.2) is 60.7 Å². The first-order chi connectivity index (χ1) is 12.3. The minimum absolute atomic E-state index is 0.0630. The standard InChI is InChI=1S/C22H26N2O/c25-21(22(13-14-22)19-11-5-2-6-12-19)23-20(17-24-15-7-8-16-24)18-9-3-1-4-10-18/h1-6,9-12,20H,7-8,13-17H2,(H,23,25)/t20-/m1/s1. The normalized spacial score (nSPS) is 20.2. The van der Waals surface area contributed by atoms with Crippen molar-refractivity contribution in [3.8, 4) is 0 Å². The second kappa shape index (κ2) is 7.01. The predicted molar refractivity (Wildman–Crippen MR) is 100 cm³/mol. The van der Waals surface area contributed by atoms with Crippen molar-refractivity contribution >= 4 is 5.91 Å². The van der Waals surface area contributed by atoms with Crippen molar-refractivity contribution in [2.45, 2.75) is 37.1 Å². The van der Waals surface area contributed by atoms with Crippen LogP contribution in [-0.4, -0.2) is 30.4 Å². The number of hydrogen-bond donors (Lipinski definition) is 1. The zero-order chi connectivity index (χ0) is 17.1. The zero-order valence-corrected chi connectivity index (χ0v) is 14.7. The molecule has 1 aliphatic heterocycles. The summed E-state index contributed by atoms with van der Waals surface area (Å²) in [5.41, 5.74) is 2.05. The van der Waals surface area contributed by atoms with Gasteiger partial charge in [0.1, 0.15) is 0 Å². The topological polar surface area (TPSA) is 32.3 Å². The molecule has 4 rings (SSSR count). The lowest BCUT2D eigenvalue weighted by Crippen LogP contribution is -2.41. The molecule has 2 aromatic carbocycles. The van der Waals surface area contributed by atoms with Gasteiger partial charge in [0, 0.05) is 6.54 Å². The summed E-state index contributed by atoms with van der Waals surface area (Å²) < 4.78 is 0. The first-order valence-corrected chi connectivity index (χ1v) is 9.42. The highest BCUT2D eigenvalue weighted by molar-refractivity contribution is 5.91. The number of nitrogens with one attached hydrogen (secondary N) is 1. The molecule has 1 heterocycles. The molecule has 130 valence electrons. The largest absolute Gasteiger partial charge is 0.347 e. The fraction of sp³-hybridized carbons (Fsp3) is 0.409. The van der Waals surface area contributed by atoms with E-state index in [2.05, 4.69) is 46.6 Å². The Kier molecular flexibility index (Phi) is 4.58. The van der Waals surface area contributed by atoms with Crippen LogP contribution in [0, 0.1) is 0 Å². The third-order valence-electron chi connectivity index (χ3n) is 5.66. The quantitative estimate of drug-likeness (QED) is 0.874. The molecular weight excluding hydrogens is 308 g/mol. The minimum Gasteiger partial charge on any atom is -0.347 e. The number of likely N-dealkylation sites (tertiary alicyclic amines) is 1. The highest BCUT2D eigenvalue weighted by atomic mass is 16.2. The van der Waals surface area contributed by atoms with Gasteiger partial charge in [-0.2, -0.15) is 0 Å². The summed E-state index contributed by atoms with van der Waals surface area (Å²) in [6.07, 6.45) is 4.44. The molecule has 1 amide bonds. The smallest absolute Gasteiger partial charge is 0.231 e. The lowest BCUT2D eigenvalue weighted by molar-refractivity contribution is -0.124. The van der Waals surface area contributed by atoms with Crippen LogP contribution in [0.5, 0.6) is 0 Å². The Labute approximate surface area is 150 Å². The van der Waals surface area contributed by atoms with Crippen LogP contribution in [0.4, 0.5) is 0 Å². The van der Waals surface area contributed by atoms with E-state index in [1.165, 1.54) is 18.4 Å². The van der Waals surface area contributed by atoms with Crippen LogP contribution in [0.2, 0.25) is 0 Å². The number of carbonyl (C=O) groups excluding carboxylic acids is 1. The van der Waals surface area contributed by atoms with Crippen molar-refractivity contribution in [2.75, 3.05) is 19.6 Å². The number of hydrogen-bond acceptors (Lipinski definition) is 2. The summed E-state index contributed by atoms with van der Waals surface area (Å²) in [6.45, 7) is 3.19. The Hall–Kier alpha value is -2.13. The van der Waals surface area contributed by atoms with Gasteiger partial charge in [0.05, 0.1) is 11.5 Å². The van der Waals surface area contributed by atoms with Gasteiger partial charge >= 0.3 is 0 Å². The molecule has 1 aliphatic carbocycles. The maximum atomic E-state index is 13.2. The molecule has 3 heteroatoms. The van der Waals surface area contributed by atoms with Crippen LogP contribution >= 0.6 is 0 Å². The summed E-state index contributed by atoms with van der Waals surface area (Å²) in [5.74, 6) is 0.187. The Morgan fingerprint density at radius 2 is 1.56 bits per heavy atom. The predicted octanol–water partition coefficient (Wildman–Crippen LogP) is 3.67. The van der Waals surface area contributed by atoms with E-state index in [0.717, 1.165) is 38.0 Å². The van der Waals surface area contributed by atoms with Crippen molar-refractivity contribution in [2.24, 2.45) is 0 Å². The van der Waals surface area contributed by atoms with E-state index in [0.29, 0.717) is 0 Å². The molecule has 0 aromatic heterocycles. The molecule has 0 unspecified atom stereocenters. The molecule has 1 atom stereocenters. The zero-order valence-electron chi connectivity index (χ0n) is 14.7. The summed E-state index contributed by atoms with van der Waals surface area (Å²) in [6, 6.07) is 20.7. The first kappa shape index (κ1) is 16.3. The summed E-state index contributed by atoms with van der Waals surface area (Å²) in [5, 5.41) is 3.38. The highest BCUT2D eigenvalue weighted by Crippen LogP contribution is 2.48. The highest BCUT2D eigenvalue weighted by Gasteiger charge is 2.51. The molecule has 2 fully saturated rings. The van der Waals surface area contributed by atoms with Crippen LogP contribution in [0.3, 0.4) is 0 Å². The van der Waals surface area contributed by atoms with Crippen LogP contribution in [0.25, 0.3) is 0 Å². The van der Waals surface area contributed by atoms with E-state index < -0.39 is 0 Å². The Morgan fingerprint density at radius 1 is 0.960 bits per heavy atom. The molecule has 0 spiro atoms. The van der Waals surface area contributed by atoms with E-state index in [4.69, 9.17) is 0 Å². The second-order valence-electron chi connectivity index (χ2n) is 7.39. The van der Waals surface area contributed by atoms with Crippen molar-refractivity contribution in [1.82, 2.24) is 10.2 Å². The number of benzene rings is 2. The first-order valence-electron chi connectivity index (χ1n) is 9.42. The van der Waals surface area contributed by atoms with E-state index in [9.17, 15) is 4.79 Å². The Morgan fingerprint density at radius 3 is 2.16 bits per heavy atom. The fourth-order valence-electron chi connectivity index (χ4n) is 3.97. The van der Waals surface area contributed by atoms with Gasteiger partial charge in [-0.3, -0.25) is 4.79 Å². The maximum absolute atomic E-state index is 13.2. The molecule has 3 nitrogen and oxygen atoms in total. The van der Waals surface area contributed by atoms with Crippen molar-refractivity contribution in [3.63, 3.8) is 0 Å². The van der Waals surface area contributed by atoms with Gasteiger partial charge in [0.25, 0.3) is 0 Å². The van der Waals surface area contributed by atoms with Gasteiger partial charge < -0.3 is 10.2 Å².